The smallest absolute Gasteiger partial charge is 0.367 e. The molecule has 1 unspecified atom stereocenters. The van der Waals surface area contributed by atoms with Gasteiger partial charge in [-0.15, -0.1) is 0 Å². The van der Waals surface area contributed by atoms with E-state index in [4.69, 9.17) is 22.1 Å². The first-order valence-electron chi connectivity index (χ1n) is 10.9. The molecule has 10 heteroatoms. The molecule has 6 nitrogen and oxygen atoms in total. The third kappa shape index (κ3) is 4.19. The summed E-state index contributed by atoms with van der Waals surface area (Å²) >= 11 is 6.22. The van der Waals surface area contributed by atoms with Gasteiger partial charge in [-0.2, -0.15) is 18.3 Å². The van der Waals surface area contributed by atoms with Crippen molar-refractivity contribution in [3.05, 3.63) is 82.1 Å². The molecule has 0 saturated carbocycles. The number of carbonyl (C=O) groups excluding carboxylic acids is 1. The number of carbonyl (C=O) groups is 1. The van der Waals surface area contributed by atoms with Crippen molar-refractivity contribution in [3.8, 4) is 5.69 Å². The molecule has 2 N–H and O–H groups in total. The maximum Gasteiger partial charge on any atom is 0.416 e. The van der Waals surface area contributed by atoms with Gasteiger partial charge < -0.3 is 10.5 Å². The molecule has 1 atom stereocenters. The third-order valence-electron chi connectivity index (χ3n) is 6.53. The Morgan fingerprint density at radius 1 is 1.21 bits per heavy atom. The molecule has 3 heterocycles. The second-order valence-electron chi connectivity index (χ2n) is 8.74. The number of nitrogens with zero attached hydrogens (tertiary/aromatic N) is 3. The van der Waals surface area contributed by atoms with Crippen LogP contribution in [0.15, 0.2) is 54.9 Å². The maximum atomic E-state index is 13.0. The van der Waals surface area contributed by atoms with Crippen molar-refractivity contribution in [2.75, 3.05) is 13.1 Å². The van der Waals surface area contributed by atoms with Crippen LogP contribution >= 0.6 is 11.6 Å². The molecule has 2 aliphatic rings. The lowest BCUT2D eigenvalue weighted by molar-refractivity contribution is -0.148. The number of rotatable bonds is 4. The highest BCUT2D eigenvalue weighted by atomic mass is 35.5. The molecule has 0 bridgehead atoms. The number of hydrogen-bond donors (Lipinski definition) is 1. The predicted octanol–water partition coefficient (Wildman–Crippen LogP) is 4.59. The van der Waals surface area contributed by atoms with Gasteiger partial charge in [-0.3, -0.25) is 9.69 Å². The van der Waals surface area contributed by atoms with Crippen molar-refractivity contribution in [1.29, 1.82) is 0 Å². The molecule has 1 fully saturated rings. The summed E-state index contributed by atoms with van der Waals surface area (Å²) in [6.07, 6.45) is -0.477. The summed E-state index contributed by atoms with van der Waals surface area (Å²) in [5.74, 6) is -0.523. The molecular weight excluding hydrogens is 469 g/mol. The van der Waals surface area contributed by atoms with Gasteiger partial charge in [0.2, 0.25) is 0 Å². The Morgan fingerprint density at radius 3 is 2.68 bits per heavy atom. The lowest BCUT2D eigenvalue weighted by Crippen LogP contribution is -2.42. The first kappa shape index (κ1) is 22.9. The number of halogens is 4. The van der Waals surface area contributed by atoms with Crippen LogP contribution in [-0.2, 0) is 27.9 Å². The number of amides is 1. The summed E-state index contributed by atoms with van der Waals surface area (Å²) in [4.78, 5) is 14.2. The highest BCUT2D eigenvalue weighted by Crippen LogP contribution is 2.50. The van der Waals surface area contributed by atoms with E-state index in [-0.39, 0.29) is 0 Å². The SMILES string of the molecule is NC(=O)C1OC2(CCN(Cc3cnn(-c4cccc(C(F)(F)F)c4)c3)CC2)c2cc(Cl)ccc21. The van der Waals surface area contributed by atoms with Gasteiger partial charge in [-0.25, -0.2) is 4.68 Å². The first-order valence-corrected chi connectivity index (χ1v) is 11.2. The normalized spacial score (nSPS) is 19.9. The van der Waals surface area contributed by atoms with E-state index < -0.39 is 29.4 Å². The van der Waals surface area contributed by atoms with Gasteiger partial charge in [0, 0.05) is 36.4 Å². The van der Waals surface area contributed by atoms with E-state index in [1.807, 2.05) is 6.07 Å². The molecule has 0 radical (unpaired) electrons. The minimum Gasteiger partial charge on any atom is -0.367 e. The molecule has 1 amide bonds. The zero-order valence-electron chi connectivity index (χ0n) is 18.1. The van der Waals surface area contributed by atoms with E-state index in [0.29, 0.717) is 43.2 Å². The van der Waals surface area contributed by atoms with Gasteiger partial charge >= 0.3 is 6.18 Å². The summed E-state index contributed by atoms with van der Waals surface area (Å²) < 4.78 is 46.7. The monoisotopic (exact) mass is 490 g/mol. The summed E-state index contributed by atoms with van der Waals surface area (Å²) in [6.45, 7) is 2.00. The molecule has 5 rings (SSSR count). The average Bonchev–Trinajstić information content (AvgIpc) is 3.38. The molecule has 3 aromatic rings. The fraction of sp³-hybridized carbons (Fsp3) is 0.333. The second kappa shape index (κ2) is 8.41. The zero-order valence-corrected chi connectivity index (χ0v) is 18.8. The zero-order chi connectivity index (χ0) is 24.1. The van der Waals surface area contributed by atoms with Crippen LogP contribution < -0.4 is 5.73 Å². The second-order valence-corrected chi connectivity index (χ2v) is 9.18. The van der Waals surface area contributed by atoms with Crippen molar-refractivity contribution in [3.63, 3.8) is 0 Å². The number of benzene rings is 2. The fourth-order valence-corrected chi connectivity index (χ4v) is 5.01. The van der Waals surface area contributed by atoms with Gasteiger partial charge in [-0.05, 0) is 54.3 Å². The number of nitrogens with two attached hydrogens (primary N) is 1. The minimum atomic E-state index is -4.41. The maximum absolute atomic E-state index is 13.0. The van der Waals surface area contributed by atoms with Crippen molar-refractivity contribution < 1.29 is 22.7 Å². The van der Waals surface area contributed by atoms with E-state index in [0.717, 1.165) is 28.8 Å². The molecule has 2 aliphatic heterocycles. The Kier molecular flexibility index (Phi) is 5.66. The molecular formula is C24H22ClF3N4O2. The van der Waals surface area contributed by atoms with Crippen LogP contribution in [0.25, 0.3) is 5.69 Å². The average molecular weight is 491 g/mol. The van der Waals surface area contributed by atoms with Crippen molar-refractivity contribution in [2.24, 2.45) is 5.73 Å². The number of aromatic nitrogens is 2. The molecule has 1 saturated heterocycles. The Morgan fingerprint density at radius 2 is 1.97 bits per heavy atom. The van der Waals surface area contributed by atoms with Gasteiger partial charge in [0.15, 0.2) is 6.10 Å². The van der Waals surface area contributed by atoms with Gasteiger partial charge in [0.1, 0.15) is 0 Å². The Bertz CT molecular complexity index is 1230. The highest BCUT2D eigenvalue weighted by molar-refractivity contribution is 6.30. The fourth-order valence-electron chi connectivity index (χ4n) is 4.84. The minimum absolute atomic E-state index is 0.351. The molecule has 1 aromatic heterocycles. The number of primary amides is 1. The number of hydrogen-bond acceptors (Lipinski definition) is 4. The van der Waals surface area contributed by atoms with Crippen LogP contribution in [0.1, 0.15) is 41.2 Å². The topological polar surface area (TPSA) is 73.4 Å². The number of fused-ring (bicyclic) bond motifs is 2. The number of alkyl halides is 3. The van der Waals surface area contributed by atoms with E-state index in [9.17, 15) is 18.0 Å². The summed E-state index contributed by atoms with van der Waals surface area (Å²) in [7, 11) is 0. The number of likely N-dealkylation sites (tertiary alicyclic amines) is 1. The Hall–Kier alpha value is -2.88. The predicted molar refractivity (Wildman–Crippen MR) is 119 cm³/mol. The summed E-state index contributed by atoms with van der Waals surface area (Å²) in [5, 5.41) is 4.83. The quantitative estimate of drug-likeness (QED) is 0.580. The van der Waals surface area contributed by atoms with Gasteiger partial charge in [-0.1, -0.05) is 23.7 Å². The standard InChI is InChI=1S/C24H22ClF3N4O2/c25-17-4-5-19-20(11-17)23(34-21(19)22(29)33)6-8-31(9-7-23)13-15-12-30-32(14-15)18-3-1-2-16(10-18)24(26,27)28/h1-5,10-12,14,21H,6-9,13H2,(H2,29,33). The highest BCUT2D eigenvalue weighted by Gasteiger charge is 2.48. The van der Waals surface area contributed by atoms with Crippen LogP contribution in [0, 0.1) is 0 Å². The van der Waals surface area contributed by atoms with E-state index in [1.165, 1.54) is 10.7 Å². The number of piperidine rings is 1. The number of ether oxygens (including phenoxy) is 1. The van der Waals surface area contributed by atoms with Crippen LogP contribution in [-0.4, -0.2) is 33.7 Å². The van der Waals surface area contributed by atoms with Crippen molar-refractivity contribution in [2.45, 2.75) is 37.3 Å². The van der Waals surface area contributed by atoms with E-state index in [2.05, 4.69) is 10.00 Å². The van der Waals surface area contributed by atoms with Crippen LogP contribution in [0.2, 0.25) is 5.02 Å². The molecule has 178 valence electrons. The summed E-state index contributed by atoms with van der Waals surface area (Å²) in [6, 6.07) is 10.5. The van der Waals surface area contributed by atoms with E-state index >= 15 is 0 Å². The Labute approximate surface area is 199 Å². The summed E-state index contributed by atoms with van der Waals surface area (Å²) in [5.41, 5.74) is 7.18. The van der Waals surface area contributed by atoms with E-state index in [1.54, 1.807) is 30.6 Å². The molecule has 1 spiro atoms. The lowest BCUT2D eigenvalue weighted by Gasteiger charge is -2.39. The van der Waals surface area contributed by atoms with Crippen LogP contribution in [0.5, 0.6) is 0 Å². The first-order chi connectivity index (χ1) is 16.1. The van der Waals surface area contributed by atoms with Gasteiger partial charge in [0.25, 0.3) is 5.91 Å². The lowest BCUT2D eigenvalue weighted by atomic mass is 9.83. The van der Waals surface area contributed by atoms with Crippen LogP contribution in [0.4, 0.5) is 13.2 Å². The largest absolute Gasteiger partial charge is 0.416 e. The molecule has 34 heavy (non-hydrogen) atoms. The Balaban J connectivity index is 1.28. The van der Waals surface area contributed by atoms with Gasteiger partial charge in [0.05, 0.1) is 23.0 Å². The molecule has 2 aromatic carbocycles. The van der Waals surface area contributed by atoms with Crippen molar-refractivity contribution >= 4 is 17.5 Å². The van der Waals surface area contributed by atoms with Crippen molar-refractivity contribution in [1.82, 2.24) is 14.7 Å². The van der Waals surface area contributed by atoms with Crippen LogP contribution in [0.3, 0.4) is 0 Å². The third-order valence-corrected chi connectivity index (χ3v) is 6.77. The molecule has 0 aliphatic carbocycles.